The van der Waals surface area contributed by atoms with Gasteiger partial charge in [0.05, 0.1) is 19.2 Å². The molecule has 0 radical (unpaired) electrons. The zero-order valence-electron chi connectivity index (χ0n) is 11.7. The van der Waals surface area contributed by atoms with Crippen molar-refractivity contribution in [3.05, 3.63) is 46.5 Å². The summed E-state index contributed by atoms with van der Waals surface area (Å²) in [5, 5.41) is 10.9. The van der Waals surface area contributed by atoms with Crippen molar-refractivity contribution in [1.29, 1.82) is 0 Å². The number of carboxylic acid groups (broad SMARTS) is 1. The molecule has 1 amide bonds. The molecule has 0 spiro atoms. The first-order chi connectivity index (χ1) is 10.1. The lowest BCUT2D eigenvalue weighted by atomic mass is 9.99. The maximum Gasteiger partial charge on any atom is 0.304 e. The average molecular weight is 307 g/mol. The first kappa shape index (κ1) is 15.3. The minimum atomic E-state index is -0.894. The summed E-state index contributed by atoms with van der Waals surface area (Å²) in [4.78, 5) is 25.7. The highest BCUT2D eigenvalue weighted by molar-refractivity contribution is 7.10. The molecule has 0 aliphatic carbocycles. The van der Waals surface area contributed by atoms with Crippen molar-refractivity contribution >= 4 is 23.2 Å². The van der Waals surface area contributed by atoms with E-state index in [4.69, 9.17) is 9.52 Å². The number of carboxylic acids is 1. The molecule has 2 rings (SSSR count). The van der Waals surface area contributed by atoms with Gasteiger partial charge >= 0.3 is 5.97 Å². The van der Waals surface area contributed by atoms with E-state index in [9.17, 15) is 9.59 Å². The van der Waals surface area contributed by atoms with Crippen LogP contribution in [0.15, 0.2) is 40.3 Å². The Bertz CT molecular complexity index is 577. The van der Waals surface area contributed by atoms with Gasteiger partial charge in [0.1, 0.15) is 5.76 Å². The predicted molar refractivity (Wildman–Crippen MR) is 79.1 cm³/mol. The van der Waals surface area contributed by atoms with Crippen molar-refractivity contribution in [3.63, 3.8) is 0 Å². The van der Waals surface area contributed by atoms with Crippen LogP contribution in [0.5, 0.6) is 0 Å². The number of furan rings is 1. The van der Waals surface area contributed by atoms with Gasteiger partial charge in [-0.05, 0) is 23.6 Å². The first-order valence-corrected chi connectivity index (χ1v) is 7.45. The number of aliphatic carboxylic acids is 1. The van der Waals surface area contributed by atoms with Gasteiger partial charge in [0, 0.05) is 24.3 Å². The van der Waals surface area contributed by atoms with Crippen LogP contribution in [0.2, 0.25) is 0 Å². The lowest BCUT2D eigenvalue weighted by molar-refractivity contribution is -0.137. The molecule has 2 heterocycles. The van der Waals surface area contributed by atoms with Gasteiger partial charge in [-0.25, -0.2) is 0 Å². The highest BCUT2D eigenvalue weighted by Gasteiger charge is 2.22. The molecule has 1 unspecified atom stereocenters. The summed E-state index contributed by atoms with van der Waals surface area (Å²) >= 11 is 1.48. The van der Waals surface area contributed by atoms with Gasteiger partial charge in [-0.1, -0.05) is 6.07 Å². The first-order valence-electron chi connectivity index (χ1n) is 6.58. The number of hydrogen-bond acceptors (Lipinski definition) is 4. The molecule has 0 bridgehead atoms. The van der Waals surface area contributed by atoms with Crippen LogP contribution in [-0.4, -0.2) is 28.9 Å². The van der Waals surface area contributed by atoms with Crippen LogP contribution in [0, 0.1) is 0 Å². The third-order valence-corrected chi connectivity index (χ3v) is 4.22. The lowest BCUT2D eigenvalue weighted by Crippen LogP contribution is -2.27. The maximum atomic E-state index is 12.3. The second-order valence-electron chi connectivity index (χ2n) is 4.84. The van der Waals surface area contributed by atoms with Gasteiger partial charge in [0.15, 0.2) is 0 Å². The molecule has 21 heavy (non-hydrogen) atoms. The molecule has 6 heteroatoms. The van der Waals surface area contributed by atoms with Gasteiger partial charge in [-0.15, -0.1) is 11.3 Å². The van der Waals surface area contributed by atoms with Crippen LogP contribution in [0.1, 0.15) is 29.4 Å². The standard InChI is InChI=1S/C15H17NO4S/c1-16(10-12-4-2-6-20-12)14(17)8-11(9-15(18)19)13-5-3-7-21-13/h2-7,11H,8-10H2,1H3,(H,18,19). The van der Waals surface area contributed by atoms with Crippen LogP contribution in [0.4, 0.5) is 0 Å². The smallest absolute Gasteiger partial charge is 0.304 e. The van der Waals surface area contributed by atoms with Crippen LogP contribution in [-0.2, 0) is 16.1 Å². The molecule has 1 N–H and O–H groups in total. The Hall–Kier alpha value is -2.08. The summed E-state index contributed by atoms with van der Waals surface area (Å²) in [5.41, 5.74) is 0. The number of carbonyl (C=O) groups excluding carboxylic acids is 1. The highest BCUT2D eigenvalue weighted by Crippen LogP contribution is 2.28. The van der Waals surface area contributed by atoms with E-state index in [-0.39, 0.29) is 24.7 Å². The predicted octanol–water partition coefficient (Wildman–Crippen LogP) is 2.95. The van der Waals surface area contributed by atoms with E-state index in [0.717, 1.165) is 4.88 Å². The fourth-order valence-corrected chi connectivity index (χ4v) is 2.93. The molecular formula is C15H17NO4S. The molecule has 0 aromatic carbocycles. The topological polar surface area (TPSA) is 70.8 Å². The number of amides is 1. The van der Waals surface area contributed by atoms with Crippen molar-refractivity contribution in [1.82, 2.24) is 4.90 Å². The molecule has 0 saturated heterocycles. The SMILES string of the molecule is CN(Cc1ccco1)C(=O)CC(CC(=O)O)c1cccs1. The highest BCUT2D eigenvalue weighted by atomic mass is 32.1. The quantitative estimate of drug-likeness (QED) is 0.853. The fraction of sp³-hybridized carbons (Fsp3) is 0.333. The van der Waals surface area contributed by atoms with Crippen molar-refractivity contribution < 1.29 is 19.1 Å². The largest absolute Gasteiger partial charge is 0.481 e. The minimum Gasteiger partial charge on any atom is -0.481 e. The Kier molecular flexibility index (Phi) is 5.16. The van der Waals surface area contributed by atoms with Crippen LogP contribution < -0.4 is 0 Å². The Morgan fingerprint density at radius 2 is 2.14 bits per heavy atom. The van der Waals surface area contributed by atoms with Crippen LogP contribution >= 0.6 is 11.3 Å². The van der Waals surface area contributed by atoms with E-state index >= 15 is 0 Å². The summed E-state index contributed by atoms with van der Waals surface area (Å²) in [6.45, 7) is 0.385. The van der Waals surface area contributed by atoms with Crippen molar-refractivity contribution in [2.45, 2.75) is 25.3 Å². The number of nitrogens with zero attached hydrogens (tertiary/aromatic N) is 1. The van der Waals surface area contributed by atoms with E-state index in [0.29, 0.717) is 12.3 Å². The van der Waals surface area contributed by atoms with E-state index in [1.165, 1.54) is 11.3 Å². The third kappa shape index (κ3) is 4.46. The monoisotopic (exact) mass is 307 g/mol. The molecule has 0 aliphatic heterocycles. The Labute approximate surface area is 126 Å². The molecule has 0 saturated carbocycles. The van der Waals surface area contributed by atoms with Gasteiger partial charge in [0.2, 0.25) is 5.91 Å². The number of carbonyl (C=O) groups is 2. The van der Waals surface area contributed by atoms with Crippen LogP contribution in [0.25, 0.3) is 0 Å². The van der Waals surface area contributed by atoms with Crippen molar-refractivity contribution in [3.8, 4) is 0 Å². The van der Waals surface area contributed by atoms with E-state index in [1.807, 2.05) is 17.5 Å². The number of thiophene rings is 1. The van der Waals surface area contributed by atoms with E-state index in [1.54, 1.807) is 30.3 Å². The number of rotatable bonds is 7. The molecule has 2 aromatic rings. The molecule has 0 aliphatic rings. The molecule has 5 nitrogen and oxygen atoms in total. The molecule has 0 fully saturated rings. The third-order valence-electron chi connectivity index (χ3n) is 3.19. The Morgan fingerprint density at radius 3 is 2.71 bits per heavy atom. The second-order valence-corrected chi connectivity index (χ2v) is 5.82. The van der Waals surface area contributed by atoms with E-state index < -0.39 is 5.97 Å². The maximum absolute atomic E-state index is 12.3. The van der Waals surface area contributed by atoms with Gasteiger partial charge in [0.25, 0.3) is 0 Å². The van der Waals surface area contributed by atoms with Gasteiger partial charge in [-0.2, -0.15) is 0 Å². The summed E-state index contributed by atoms with van der Waals surface area (Å²) in [7, 11) is 1.69. The van der Waals surface area contributed by atoms with E-state index in [2.05, 4.69) is 0 Å². The van der Waals surface area contributed by atoms with Crippen LogP contribution in [0.3, 0.4) is 0 Å². The lowest BCUT2D eigenvalue weighted by Gasteiger charge is -2.19. The molecule has 112 valence electrons. The summed E-state index contributed by atoms with van der Waals surface area (Å²) in [6, 6.07) is 7.31. The zero-order valence-corrected chi connectivity index (χ0v) is 12.5. The summed E-state index contributed by atoms with van der Waals surface area (Å²) in [5.74, 6) is -0.563. The normalized spacial score (nSPS) is 12.0. The van der Waals surface area contributed by atoms with Gasteiger partial charge in [-0.3, -0.25) is 9.59 Å². The molecule has 1 atom stereocenters. The van der Waals surface area contributed by atoms with Gasteiger partial charge < -0.3 is 14.4 Å². The average Bonchev–Trinajstić information content (AvgIpc) is 3.10. The Balaban J connectivity index is 1.98. The minimum absolute atomic E-state index is 0.0408. The van der Waals surface area contributed by atoms with Crippen molar-refractivity contribution in [2.75, 3.05) is 7.05 Å². The van der Waals surface area contributed by atoms with Crippen molar-refractivity contribution in [2.24, 2.45) is 0 Å². The molecular weight excluding hydrogens is 290 g/mol. The molecule has 2 aromatic heterocycles. The zero-order chi connectivity index (χ0) is 15.2. The summed E-state index contributed by atoms with van der Waals surface area (Å²) in [6.07, 6.45) is 1.71. The second kappa shape index (κ2) is 7.08. The Morgan fingerprint density at radius 1 is 1.33 bits per heavy atom. The summed E-state index contributed by atoms with van der Waals surface area (Å²) < 4.78 is 5.21. The number of hydrogen-bond donors (Lipinski definition) is 1. The fourth-order valence-electron chi connectivity index (χ4n) is 2.10.